The highest BCUT2D eigenvalue weighted by Gasteiger charge is 2.32. The van der Waals surface area contributed by atoms with Crippen LogP contribution in [0.1, 0.15) is 11.1 Å². The molecule has 8 nitrogen and oxygen atoms in total. The van der Waals surface area contributed by atoms with Gasteiger partial charge in [0.1, 0.15) is 0 Å². The molecule has 1 saturated heterocycles. The van der Waals surface area contributed by atoms with E-state index >= 15 is 0 Å². The first kappa shape index (κ1) is 19.8. The van der Waals surface area contributed by atoms with Gasteiger partial charge in [-0.15, -0.1) is 0 Å². The predicted octanol–water partition coefficient (Wildman–Crippen LogP) is 2.95. The fourth-order valence-corrected chi connectivity index (χ4v) is 3.62. The Labute approximate surface area is 173 Å². The van der Waals surface area contributed by atoms with E-state index in [2.05, 4.69) is 0 Å². The van der Waals surface area contributed by atoms with E-state index in [-0.39, 0.29) is 42.5 Å². The van der Waals surface area contributed by atoms with Gasteiger partial charge in [-0.2, -0.15) is 0 Å². The van der Waals surface area contributed by atoms with Gasteiger partial charge in [-0.3, -0.25) is 0 Å². The van der Waals surface area contributed by atoms with Gasteiger partial charge >= 0.3 is 5.97 Å². The van der Waals surface area contributed by atoms with Crippen LogP contribution in [0.15, 0.2) is 29.8 Å². The fourth-order valence-electron chi connectivity index (χ4n) is 3.62. The molecule has 1 N–H and O–H groups in total. The summed E-state index contributed by atoms with van der Waals surface area (Å²) in [5, 5.41) is 10.1. The Morgan fingerprint density at radius 3 is 2.37 bits per heavy atom. The van der Waals surface area contributed by atoms with Crippen molar-refractivity contribution in [2.45, 2.75) is 6.42 Å². The number of carbonyl (C=O) groups is 1. The van der Waals surface area contributed by atoms with Gasteiger partial charge in [0.25, 0.3) is 0 Å². The number of methoxy groups -OCH3 is 3. The van der Waals surface area contributed by atoms with Crippen LogP contribution < -0.4 is 23.7 Å². The second kappa shape index (κ2) is 8.06. The molecule has 4 rings (SSSR count). The zero-order valence-electron chi connectivity index (χ0n) is 16.9. The molecule has 158 valence electrons. The van der Waals surface area contributed by atoms with E-state index in [0.717, 1.165) is 5.56 Å². The highest BCUT2D eigenvalue weighted by atomic mass is 16.7. The lowest BCUT2D eigenvalue weighted by atomic mass is 9.92. The van der Waals surface area contributed by atoms with Crippen molar-refractivity contribution in [2.24, 2.45) is 5.92 Å². The molecule has 2 aliphatic rings. The first-order valence-corrected chi connectivity index (χ1v) is 9.34. The smallest absolute Gasteiger partial charge is 0.334 e. The molecule has 2 aliphatic heterocycles. The Bertz CT molecular complexity index is 985. The van der Waals surface area contributed by atoms with Crippen LogP contribution in [-0.2, 0) is 16.0 Å². The van der Waals surface area contributed by atoms with E-state index in [1.165, 1.54) is 14.2 Å². The SMILES string of the molecule is COc1cc(/C=C2/C(=O)OC[C@H]2Cc2cc(OC)c3c(c2)OCO3)cc(OC)c1O. The number of carbonyl (C=O) groups excluding carboxylic acids is 1. The number of ether oxygens (including phenoxy) is 6. The highest BCUT2D eigenvalue weighted by molar-refractivity contribution is 5.96. The largest absolute Gasteiger partial charge is 0.502 e. The first-order valence-electron chi connectivity index (χ1n) is 9.34. The van der Waals surface area contributed by atoms with Gasteiger partial charge in [-0.25, -0.2) is 4.79 Å². The minimum Gasteiger partial charge on any atom is -0.502 e. The molecule has 0 aliphatic carbocycles. The number of rotatable bonds is 6. The van der Waals surface area contributed by atoms with E-state index in [4.69, 9.17) is 28.4 Å². The number of aromatic hydroxyl groups is 1. The summed E-state index contributed by atoms with van der Waals surface area (Å²) in [6.45, 7) is 0.420. The molecule has 0 amide bonds. The van der Waals surface area contributed by atoms with E-state index in [1.807, 2.05) is 12.1 Å². The summed E-state index contributed by atoms with van der Waals surface area (Å²) in [4.78, 5) is 12.4. The second-order valence-electron chi connectivity index (χ2n) is 6.91. The topological polar surface area (TPSA) is 92.7 Å². The molecule has 0 aromatic heterocycles. The summed E-state index contributed by atoms with van der Waals surface area (Å²) in [6, 6.07) is 7.03. The third kappa shape index (κ3) is 3.56. The van der Waals surface area contributed by atoms with E-state index in [9.17, 15) is 9.90 Å². The minimum atomic E-state index is -0.376. The molecule has 1 atom stereocenters. The second-order valence-corrected chi connectivity index (χ2v) is 6.91. The average Bonchev–Trinajstić information content (AvgIpc) is 3.36. The van der Waals surface area contributed by atoms with Crippen LogP contribution in [0.25, 0.3) is 6.08 Å². The van der Waals surface area contributed by atoms with Crippen molar-refractivity contribution in [1.29, 1.82) is 0 Å². The van der Waals surface area contributed by atoms with Gasteiger partial charge in [0.15, 0.2) is 23.0 Å². The van der Waals surface area contributed by atoms with E-state index in [0.29, 0.717) is 34.8 Å². The van der Waals surface area contributed by atoms with Gasteiger partial charge in [-0.05, 0) is 47.9 Å². The zero-order chi connectivity index (χ0) is 21.3. The number of hydrogen-bond acceptors (Lipinski definition) is 8. The number of fused-ring (bicyclic) bond motifs is 1. The number of esters is 1. The van der Waals surface area contributed by atoms with E-state index < -0.39 is 0 Å². The molecule has 0 bridgehead atoms. The van der Waals surface area contributed by atoms with Gasteiger partial charge in [0.05, 0.1) is 27.9 Å². The summed E-state index contributed by atoms with van der Waals surface area (Å²) in [6.07, 6.45) is 2.28. The van der Waals surface area contributed by atoms with Crippen molar-refractivity contribution in [1.82, 2.24) is 0 Å². The van der Waals surface area contributed by atoms with Crippen molar-refractivity contribution in [3.8, 4) is 34.5 Å². The molecule has 2 aromatic carbocycles. The van der Waals surface area contributed by atoms with Crippen LogP contribution in [0, 0.1) is 5.92 Å². The van der Waals surface area contributed by atoms with Crippen LogP contribution in [0.5, 0.6) is 34.5 Å². The van der Waals surface area contributed by atoms with Crippen LogP contribution in [0.4, 0.5) is 0 Å². The normalized spacial score (nSPS) is 18.4. The number of benzene rings is 2. The number of phenolic OH excluding ortho intramolecular Hbond substituents is 1. The summed E-state index contributed by atoms with van der Waals surface area (Å²) >= 11 is 0. The molecule has 0 radical (unpaired) electrons. The van der Waals surface area contributed by atoms with E-state index in [1.54, 1.807) is 25.3 Å². The Morgan fingerprint density at radius 1 is 1.00 bits per heavy atom. The Hall–Kier alpha value is -3.55. The Balaban J connectivity index is 1.65. The van der Waals surface area contributed by atoms with Crippen molar-refractivity contribution >= 4 is 12.0 Å². The number of hydrogen-bond donors (Lipinski definition) is 1. The van der Waals surface area contributed by atoms with Gasteiger partial charge < -0.3 is 33.5 Å². The molecule has 8 heteroatoms. The lowest BCUT2D eigenvalue weighted by molar-refractivity contribution is -0.135. The third-order valence-electron chi connectivity index (χ3n) is 5.12. The van der Waals surface area contributed by atoms with Gasteiger partial charge in [0.2, 0.25) is 18.3 Å². The maximum atomic E-state index is 12.4. The van der Waals surface area contributed by atoms with Crippen LogP contribution >= 0.6 is 0 Å². The molecule has 2 aromatic rings. The predicted molar refractivity (Wildman–Crippen MR) is 106 cm³/mol. The molecular weight excluding hydrogens is 392 g/mol. The highest BCUT2D eigenvalue weighted by Crippen LogP contribution is 2.43. The van der Waals surface area contributed by atoms with Crippen molar-refractivity contribution in [3.63, 3.8) is 0 Å². The quantitative estimate of drug-likeness (QED) is 0.570. The molecular formula is C22H22O8. The summed E-state index contributed by atoms with van der Waals surface area (Å²) in [5.41, 5.74) is 2.12. The molecule has 2 heterocycles. The monoisotopic (exact) mass is 414 g/mol. The van der Waals surface area contributed by atoms with Gasteiger partial charge in [0, 0.05) is 11.5 Å². The van der Waals surface area contributed by atoms with Crippen LogP contribution in [0.3, 0.4) is 0 Å². The number of cyclic esters (lactones) is 1. The Morgan fingerprint density at radius 2 is 1.70 bits per heavy atom. The lowest BCUT2D eigenvalue weighted by Gasteiger charge is -2.13. The molecule has 30 heavy (non-hydrogen) atoms. The van der Waals surface area contributed by atoms with Crippen LogP contribution in [-0.4, -0.2) is 45.8 Å². The molecule has 0 spiro atoms. The molecule has 0 saturated carbocycles. The van der Waals surface area contributed by atoms with Crippen molar-refractivity contribution in [3.05, 3.63) is 41.0 Å². The van der Waals surface area contributed by atoms with Crippen molar-refractivity contribution in [2.75, 3.05) is 34.7 Å². The minimum absolute atomic E-state index is 0.0971. The van der Waals surface area contributed by atoms with Crippen molar-refractivity contribution < 1.29 is 38.3 Å². The summed E-state index contributed by atoms with van der Waals surface area (Å²) in [5.74, 6) is 1.66. The lowest BCUT2D eigenvalue weighted by Crippen LogP contribution is -2.08. The maximum absolute atomic E-state index is 12.4. The summed E-state index contributed by atoms with van der Waals surface area (Å²) in [7, 11) is 4.47. The zero-order valence-corrected chi connectivity index (χ0v) is 16.9. The molecule has 1 fully saturated rings. The Kier molecular flexibility index (Phi) is 5.31. The number of phenols is 1. The third-order valence-corrected chi connectivity index (χ3v) is 5.12. The molecule has 0 unspecified atom stereocenters. The van der Waals surface area contributed by atoms with Crippen LogP contribution in [0.2, 0.25) is 0 Å². The average molecular weight is 414 g/mol. The van der Waals surface area contributed by atoms with Gasteiger partial charge in [-0.1, -0.05) is 0 Å². The maximum Gasteiger partial charge on any atom is 0.334 e. The first-order chi connectivity index (χ1) is 14.5. The summed E-state index contributed by atoms with van der Waals surface area (Å²) < 4.78 is 32.0. The standard InChI is InChI=1S/C22H22O8/c1-25-16-6-13(7-17(26-2)20(16)23)5-15-14(10-28-22(15)24)4-12-8-18(27-3)21-19(9-12)29-11-30-21/h5-9,14,23H,4,10-11H2,1-3H3/b15-5+/t14-/m1/s1. The fraction of sp³-hybridized carbons (Fsp3) is 0.318.